The second-order valence-electron chi connectivity index (χ2n) is 7.40. The van der Waals surface area contributed by atoms with Crippen LogP contribution in [-0.4, -0.2) is 55.7 Å². The van der Waals surface area contributed by atoms with Gasteiger partial charge >= 0.3 is 6.18 Å². The summed E-state index contributed by atoms with van der Waals surface area (Å²) < 4.78 is 45.0. The van der Waals surface area contributed by atoms with Crippen molar-refractivity contribution in [3.05, 3.63) is 59.8 Å². The van der Waals surface area contributed by atoms with Gasteiger partial charge < -0.3 is 20.3 Å². The van der Waals surface area contributed by atoms with Gasteiger partial charge in [-0.25, -0.2) is 4.98 Å². The maximum absolute atomic E-state index is 13.0. The molecule has 1 unspecified atom stereocenters. The third-order valence-corrected chi connectivity index (χ3v) is 5.08. The SMILES string of the molecule is CN=C(NCCNc1ncccc1C(F)(F)F)N1CCC(COCc2ccccc2)C1.I. The minimum absolute atomic E-state index is 0. The van der Waals surface area contributed by atoms with Crippen LogP contribution in [0.5, 0.6) is 0 Å². The summed E-state index contributed by atoms with van der Waals surface area (Å²) in [6.45, 7) is 3.70. The van der Waals surface area contributed by atoms with Gasteiger partial charge in [-0.15, -0.1) is 24.0 Å². The molecule has 32 heavy (non-hydrogen) atoms. The van der Waals surface area contributed by atoms with E-state index in [4.69, 9.17) is 4.74 Å². The smallest absolute Gasteiger partial charge is 0.376 e. The lowest BCUT2D eigenvalue weighted by Crippen LogP contribution is -2.42. The quantitative estimate of drug-likeness (QED) is 0.218. The Hall–Kier alpha value is -2.08. The summed E-state index contributed by atoms with van der Waals surface area (Å²) in [4.78, 5) is 10.3. The number of benzene rings is 1. The number of halogens is 4. The first-order valence-corrected chi connectivity index (χ1v) is 10.3. The fourth-order valence-corrected chi connectivity index (χ4v) is 3.54. The molecule has 0 spiro atoms. The zero-order chi connectivity index (χ0) is 22.1. The molecular weight excluding hydrogens is 534 g/mol. The zero-order valence-corrected chi connectivity index (χ0v) is 20.3. The lowest BCUT2D eigenvalue weighted by atomic mass is 10.1. The van der Waals surface area contributed by atoms with Gasteiger partial charge in [-0.1, -0.05) is 30.3 Å². The van der Waals surface area contributed by atoms with Gasteiger partial charge in [0.15, 0.2) is 5.96 Å². The van der Waals surface area contributed by atoms with Crippen LogP contribution >= 0.6 is 24.0 Å². The predicted molar refractivity (Wildman–Crippen MR) is 130 cm³/mol. The summed E-state index contributed by atoms with van der Waals surface area (Å²) in [5, 5.41) is 5.96. The molecule has 1 aliphatic rings. The topological polar surface area (TPSA) is 61.8 Å². The van der Waals surface area contributed by atoms with E-state index in [0.29, 0.717) is 25.7 Å². The number of alkyl halides is 3. The first-order valence-electron chi connectivity index (χ1n) is 10.3. The normalized spacial score (nSPS) is 16.6. The maximum atomic E-state index is 13.0. The van der Waals surface area contributed by atoms with Gasteiger partial charge in [-0.05, 0) is 24.1 Å². The molecule has 0 bridgehead atoms. The molecule has 176 valence electrons. The number of ether oxygens (including phenoxy) is 1. The molecule has 6 nitrogen and oxygen atoms in total. The molecule has 0 radical (unpaired) electrons. The monoisotopic (exact) mass is 563 g/mol. The van der Waals surface area contributed by atoms with Crippen molar-refractivity contribution < 1.29 is 17.9 Å². The van der Waals surface area contributed by atoms with Gasteiger partial charge in [-0.2, -0.15) is 13.2 Å². The van der Waals surface area contributed by atoms with Crippen molar-refractivity contribution >= 4 is 35.8 Å². The number of guanidine groups is 1. The molecule has 3 rings (SSSR count). The van der Waals surface area contributed by atoms with E-state index in [-0.39, 0.29) is 36.3 Å². The van der Waals surface area contributed by atoms with Crippen molar-refractivity contribution in [1.82, 2.24) is 15.2 Å². The molecule has 1 fully saturated rings. The zero-order valence-electron chi connectivity index (χ0n) is 17.9. The minimum atomic E-state index is -4.44. The summed E-state index contributed by atoms with van der Waals surface area (Å²) in [7, 11) is 1.70. The highest BCUT2D eigenvalue weighted by Crippen LogP contribution is 2.33. The van der Waals surface area contributed by atoms with E-state index in [9.17, 15) is 13.2 Å². The summed E-state index contributed by atoms with van der Waals surface area (Å²) in [6.07, 6.45) is -2.09. The van der Waals surface area contributed by atoms with Crippen LogP contribution < -0.4 is 10.6 Å². The number of likely N-dealkylation sites (tertiary alicyclic amines) is 1. The van der Waals surface area contributed by atoms with Gasteiger partial charge in [0, 0.05) is 45.3 Å². The Morgan fingerprint density at radius 1 is 1.19 bits per heavy atom. The van der Waals surface area contributed by atoms with Crippen molar-refractivity contribution in [1.29, 1.82) is 0 Å². The van der Waals surface area contributed by atoms with Crippen molar-refractivity contribution in [3.63, 3.8) is 0 Å². The Morgan fingerprint density at radius 3 is 2.69 bits per heavy atom. The highest BCUT2D eigenvalue weighted by Gasteiger charge is 2.34. The molecule has 1 atom stereocenters. The number of nitrogens with zero attached hydrogens (tertiary/aromatic N) is 3. The van der Waals surface area contributed by atoms with Crippen LogP contribution in [0.1, 0.15) is 17.5 Å². The Kier molecular flexibility index (Phi) is 10.5. The lowest BCUT2D eigenvalue weighted by Gasteiger charge is -2.22. The molecule has 0 aliphatic carbocycles. The molecule has 10 heteroatoms. The van der Waals surface area contributed by atoms with Gasteiger partial charge in [0.1, 0.15) is 5.82 Å². The Balaban J connectivity index is 0.00000363. The minimum Gasteiger partial charge on any atom is -0.376 e. The highest BCUT2D eigenvalue weighted by molar-refractivity contribution is 14.0. The van der Waals surface area contributed by atoms with E-state index < -0.39 is 11.7 Å². The summed E-state index contributed by atoms with van der Waals surface area (Å²) in [5.41, 5.74) is 0.390. The lowest BCUT2D eigenvalue weighted by molar-refractivity contribution is -0.137. The standard InChI is InChI=1S/C22H28F3N5O.HI/c1-26-21(29-12-11-28-20-19(22(23,24)25)8-5-10-27-20)30-13-9-18(14-30)16-31-15-17-6-3-2-4-7-17;/h2-8,10,18H,9,11-16H2,1H3,(H,26,29)(H,27,28);1H. The Bertz CT molecular complexity index is 851. The third-order valence-electron chi connectivity index (χ3n) is 5.08. The number of pyridine rings is 1. The van der Waals surface area contributed by atoms with Crippen molar-refractivity contribution in [2.75, 3.05) is 45.2 Å². The number of hydrogen-bond acceptors (Lipinski definition) is 4. The second-order valence-corrected chi connectivity index (χ2v) is 7.40. The fraction of sp³-hybridized carbons (Fsp3) is 0.455. The first kappa shape index (κ1) is 26.2. The second kappa shape index (κ2) is 12.8. The molecule has 1 aliphatic heterocycles. The van der Waals surface area contributed by atoms with Gasteiger partial charge in [0.25, 0.3) is 0 Å². The number of aromatic nitrogens is 1. The van der Waals surface area contributed by atoms with E-state index in [1.165, 1.54) is 12.3 Å². The fourth-order valence-electron chi connectivity index (χ4n) is 3.54. The van der Waals surface area contributed by atoms with Crippen LogP contribution in [0.25, 0.3) is 0 Å². The molecule has 2 N–H and O–H groups in total. The molecule has 1 aromatic heterocycles. The van der Waals surface area contributed by atoms with Gasteiger partial charge in [0.2, 0.25) is 0 Å². The van der Waals surface area contributed by atoms with Crippen LogP contribution in [0.4, 0.5) is 19.0 Å². The van der Waals surface area contributed by atoms with Crippen LogP contribution in [-0.2, 0) is 17.5 Å². The Labute approximate surface area is 203 Å². The van der Waals surface area contributed by atoms with Gasteiger partial charge in [0.05, 0.1) is 18.8 Å². The third kappa shape index (κ3) is 7.80. The molecule has 1 saturated heterocycles. The molecule has 2 aromatic rings. The summed E-state index contributed by atoms with van der Waals surface area (Å²) in [5.74, 6) is 0.997. The van der Waals surface area contributed by atoms with Crippen molar-refractivity contribution in [2.24, 2.45) is 10.9 Å². The van der Waals surface area contributed by atoms with Crippen LogP contribution in [0, 0.1) is 5.92 Å². The summed E-state index contributed by atoms with van der Waals surface area (Å²) >= 11 is 0. The molecule has 0 amide bonds. The number of rotatable bonds is 8. The first-order chi connectivity index (χ1) is 15.0. The average molecular weight is 563 g/mol. The van der Waals surface area contributed by atoms with Gasteiger partial charge in [-0.3, -0.25) is 4.99 Å². The number of hydrogen-bond donors (Lipinski definition) is 2. The van der Waals surface area contributed by atoms with Crippen LogP contribution in [0.2, 0.25) is 0 Å². The number of anilines is 1. The predicted octanol–water partition coefficient (Wildman–Crippen LogP) is 4.24. The average Bonchev–Trinajstić information content (AvgIpc) is 3.23. The molecule has 0 saturated carbocycles. The largest absolute Gasteiger partial charge is 0.419 e. The van der Waals surface area contributed by atoms with E-state index in [1.54, 1.807) is 7.05 Å². The van der Waals surface area contributed by atoms with E-state index in [0.717, 1.165) is 37.1 Å². The summed E-state index contributed by atoms with van der Waals surface area (Å²) in [6, 6.07) is 12.4. The van der Waals surface area contributed by atoms with Crippen LogP contribution in [0.15, 0.2) is 53.7 Å². The van der Waals surface area contributed by atoms with Crippen LogP contribution in [0.3, 0.4) is 0 Å². The number of nitrogens with one attached hydrogen (secondary N) is 2. The van der Waals surface area contributed by atoms with Crippen molar-refractivity contribution in [3.8, 4) is 0 Å². The Morgan fingerprint density at radius 2 is 1.97 bits per heavy atom. The van der Waals surface area contributed by atoms with E-state index in [1.807, 2.05) is 30.3 Å². The van der Waals surface area contributed by atoms with Crippen molar-refractivity contribution in [2.45, 2.75) is 19.2 Å². The molecular formula is C22H29F3IN5O. The van der Waals surface area contributed by atoms with E-state index in [2.05, 4.69) is 25.5 Å². The molecule has 2 heterocycles. The van der Waals surface area contributed by atoms with E-state index >= 15 is 0 Å². The number of aliphatic imine (C=N–C) groups is 1. The highest BCUT2D eigenvalue weighted by atomic mass is 127. The molecule has 1 aromatic carbocycles. The maximum Gasteiger partial charge on any atom is 0.419 e.